The van der Waals surface area contributed by atoms with Gasteiger partial charge in [0.05, 0.1) is 17.3 Å². The van der Waals surface area contributed by atoms with E-state index in [1.54, 1.807) is 0 Å². The van der Waals surface area contributed by atoms with Crippen LogP contribution in [0.2, 0.25) is 0 Å². The van der Waals surface area contributed by atoms with Crippen molar-refractivity contribution in [2.75, 3.05) is 18.5 Å². The molecule has 2 nitrogen and oxygen atoms in total. The summed E-state index contributed by atoms with van der Waals surface area (Å²) in [5.74, 6) is 0. The lowest BCUT2D eigenvalue weighted by Gasteiger charge is -2.22. The average molecular weight is 293 g/mol. The molecule has 0 aliphatic rings. The summed E-state index contributed by atoms with van der Waals surface area (Å²) >= 11 is 3.14. The summed E-state index contributed by atoms with van der Waals surface area (Å²) in [6, 6.07) is 6.36. The van der Waals surface area contributed by atoms with Gasteiger partial charge in [0.15, 0.2) is 0 Å². The van der Waals surface area contributed by atoms with Gasteiger partial charge in [-0.05, 0) is 34.1 Å². The molecule has 0 bridgehead atoms. The largest absolute Gasteiger partial charge is 0.405 e. The van der Waals surface area contributed by atoms with Crippen LogP contribution in [0.1, 0.15) is 5.56 Å². The Kier molecular flexibility index (Phi) is 3.81. The van der Waals surface area contributed by atoms with Gasteiger partial charge in [0.25, 0.3) is 0 Å². The monoisotopic (exact) mass is 292 g/mol. The predicted octanol–water partition coefficient (Wildman–Crippen LogP) is 3.32. The van der Waals surface area contributed by atoms with E-state index in [1.807, 2.05) is 6.07 Å². The molecule has 0 atom stereocenters. The van der Waals surface area contributed by atoms with E-state index < -0.39 is 12.7 Å². The zero-order valence-electron chi connectivity index (χ0n) is 8.35. The fraction of sp³-hybridized carbons (Fsp3) is 0.300. The van der Waals surface area contributed by atoms with Crippen molar-refractivity contribution < 1.29 is 13.2 Å². The highest BCUT2D eigenvalue weighted by atomic mass is 79.9. The molecule has 6 heteroatoms. The molecule has 0 aliphatic heterocycles. The van der Waals surface area contributed by atoms with E-state index in [1.165, 1.54) is 25.2 Å². The SMILES string of the molecule is CN(CC(F)(F)F)c1ccc(C#N)cc1Br. The number of halogens is 4. The van der Waals surface area contributed by atoms with Crippen LogP contribution in [0.15, 0.2) is 22.7 Å². The molecule has 0 heterocycles. The first-order chi connectivity index (χ1) is 7.33. The number of hydrogen-bond acceptors (Lipinski definition) is 2. The molecule has 0 saturated carbocycles. The molecule has 1 aromatic rings. The van der Waals surface area contributed by atoms with Gasteiger partial charge in [-0.15, -0.1) is 0 Å². The summed E-state index contributed by atoms with van der Waals surface area (Å²) in [6.07, 6.45) is -4.25. The standard InChI is InChI=1S/C10H8BrF3N2/c1-16(6-10(12,13)14)9-3-2-7(5-15)4-8(9)11/h2-4H,6H2,1H3. The number of anilines is 1. The van der Waals surface area contributed by atoms with Gasteiger partial charge in [0.1, 0.15) is 6.54 Å². The maximum Gasteiger partial charge on any atom is 0.405 e. The lowest BCUT2D eigenvalue weighted by Crippen LogP contribution is -2.31. The topological polar surface area (TPSA) is 27.0 Å². The third kappa shape index (κ3) is 3.42. The van der Waals surface area contributed by atoms with Gasteiger partial charge >= 0.3 is 6.18 Å². The first-order valence-electron chi connectivity index (χ1n) is 4.31. The van der Waals surface area contributed by atoms with Crippen LogP contribution >= 0.6 is 15.9 Å². The van der Waals surface area contributed by atoms with E-state index in [0.29, 0.717) is 15.7 Å². The molecule has 0 saturated heterocycles. The highest BCUT2D eigenvalue weighted by Gasteiger charge is 2.29. The van der Waals surface area contributed by atoms with E-state index >= 15 is 0 Å². The molecular weight excluding hydrogens is 285 g/mol. The summed E-state index contributed by atoms with van der Waals surface area (Å²) < 4.78 is 36.9. The third-order valence-electron chi connectivity index (χ3n) is 1.90. The second-order valence-electron chi connectivity index (χ2n) is 3.25. The summed E-state index contributed by atoms with van der Waals surface area (Å²) in [4.78, 5) is 1.07. The van der Waals surface area contributed by atoms with Crippen molar-refractivity contribution in [3.8, 4) is 6.07 Å². The van der Waals surface area contributed by atoms with Crippen LogP contribution < -0.4 is 4.90 Å². The van der Waals surface area contributed by atoms with Gasteiger partial charge in [0.2, 0.25) is 0 Å². The maximum atomic E-state index is 12.2. The van der Waals surface area contributed by atoms with E-state index in [2.05, 4.69) is 15.9 Å². The minimum Gasteiger partial charge on any atom is -0.365 e. The highest BCUT2D eigenvalue weighted by Crippen LogP contribution is 2.28. The number of alkyl halides is 3. The molecule has 1 rings (SSSR count). The molecule has 0 radical (unpaired) electrons. The van der Waals surface area contributed by atoms with Crippen LogP contribution in [0.5, 0.6) is 0 Å². The van der Waals surface area contributed by atoms with Crippen molar-refractivity contribution in [2.24, 2.45) is 0 Å². The molecule has 0 spiro atoms. The third-order valence-corrected chi connectivity index (χ3v) is 2.54. The Hall–Kier alpha value is -1.22. The molecular formula is C10H8BrF3N2. The first kappa shape index (κ1) is 12.8. The van der Waals surface area contributed by atoms with Crippen LogP contribution in [0.25, 0.3) is 0 Å². The zero-order chi connectivity index (χ0) is 12.3. The number of hydrogen-bond donors (Lipinski definition) is 0. The minimum atomic E-state index is -4.25. The second-order valence-corrected chi connectivity index (χ2v) is 4.10. The highest BCUT2D eigenvalue weighted by molar-refractivity contribution is 9.10. The Balaban J connectivity index is 2.93. The van der Waals surface area contributed by atoms with Crippen molar-refractivity contribution in [3.05, 3.63) is 28.2 Å². The quantitative estimate of drug-likeness (QED) is 0.836. The average Bonchev–Trinajstić information content (AvgIpc) is 2.14. The number of nitrogens with zero attached hydrogens (tertiary/aromatic N) is 2. The van der Waals surface area contributed by atoms with Crippen LogP contribution in [-0.2, 0) is 0 Å². The second kappa shape index (κ2) is 4.74. The van der Waals surface area contributed by atoms with Crippen molar-refractivity contribution in [1.82, 2.24) is 0 Å². The smallest absolute Gasteiger partial charge is 0.365 e. The fourth-order valence-corrected chi connectivity index (χ4v) is 1.92. The Morgan fingerprint density at radius 1 is 1.44 bits per heavy atom. The fourth-order valence-electron chi connectivity index (χ4n) is 1.24. The predicted molar refractivity (Wildman–Crippen MR) is 58.2 cm³/mol. The Bertz CT molecular complexity index is 423. The molecule has 1 aromatic carbocycles. The number of rotatable bonds is 2. The van der Waals surface area contributed by atoms with Gasteiger partial charge < -0.3 is 4.90 Å². The zero-order valence-corrected chi connectivity index (χ0v) is 9.93. The van der Waals surface area contributed by atoms with E-state index in [-0.39, 0.29) is 0 Å². The molecule has 0 aromatic heterocycles. The van der Waals surface area contributed by atoms with Crippen LogP contribution in [0.3, 0.4) is 0 Å². The number of nitriles is 1. The summed E-state index contributed by atoms with van der Waals surface area (Å²) in [5, 5.41) is 8.61. The lowest BCUT2D eigenvalue weighted by atomic mass is 10.2. The molecule has 0 fully saturated rings. The van der Waals surface area contributed by atoms with Crippen molar-refractivity contribution >= 4 is 21.6 Å². The van der Waals surface area contributed by atoms with Gasteiger partial charge in [-0.25, -0.2) is 0 Å². The molecule has 0 aliphatic carbocycles. The van der Waals surface area contributed by atoms with Gasteiger partial charge in [0, 0.05) is 11.5 Å². The molecule has 0 N–H and O–H groups in total. The van der Waals surface area contributed by atoms with E-state index in [9.17, 15) is 13.2 Å². The first-order valence-corrected chi connectivity index (χ1v) is 5.10. The molecule has 0 amide bonds. The van der Waals surface area contributed by atoms with Gasteiger partial charge in [-0.3, -0.25) is 0 Å². The molecule has 16 heavy (non-hydrogen) atoms. The Labute approximate surface area is 99.4 Å². The summed E-state index contributed by atoms with van der Waals surface area (Å²) in [6.45, 7) is -1.03. The minimum absolute atomic E-state index is 0.399. The summed E-state index contributed by atoms with van der Waals surface area (Å²) in [5.41, 5.74) is 0.798. The molecule has 0 unspecified atom stereocenters. The normalized spacial score (nSPS) is 11.0. The molecule has 86 valence electrons. The van der Waals surface area contributed by atoms with Gasteiger partial charge in [-0.1, -0.05) is 0 Å². The Morgan fingerprint density at radius 2 is 2.06 bits per heavy atom. The lowest BCUT2D eigenvalue weighted by molar-refractivity contribution is -0.119. The van der Waals surface area contributed by atoms with Crippen molar-refractivity contribution in [1.29, 1.82) is 5.26 Å². The van der Waals surface area contributed by atoms with E-state index in [0.717, 1.165) is 4.90 Å². The van der Waals surface area contributed by atoms with Gasteiger partial charge in [-0.2, -0.15) is 18.4 Å². The Morgan fingerprint density at radius 3 is 2.50 bits per heavy atom. The van der Waals surface area contributed by atoms with Crippen LogP contribution in [0, 0.1) is 11.3 Å². The van der Waals surface area contributed by atoms with Crippen LogP contribution in [0.4, 0.5) is 18.9 Å². The van der Waals surface area contributed by atoms with Crippen LogP contribution in [-0.4, -0.2) is 19.8 Å². The maximum absolute atomic E-state index is 12.2. The van der Waals surface area contributed by atoms with Crippen molar-refractivity contribution in [3.63, 3.8) is 0 Å². The van der Waals surface area contributed by atoms with Crippen molar-refractivity contribution in [2.45, 2.75) is 6.18 Å². The summed E-state index contributed by atoms with van der Waals surface area (Å²) in [7, 11) is 1.35. The number of benzene rings is 1. The van der Waals surface area contributed by atoms with E-state index in [4.69, 9.17) is 5.26 Å².